The van der Waals surface area contributed by atoms with Gasteiger partial charge in [0, 0.05) is 32.3 Å². The molecule has 0 aromatic heterocycles. The molecule has 23 heavy (non-hydrogen) atoms. The monoisotopic (exact) mass is 345 g/mol. The third-order valence-corrected chi connectivity index (χ3v) is 5.05. The van der Waals surface area contributed by atoms with E-state index in [2.05, 4.69) is 5.09 Å². The number of nitrogens with one attached hydrogen (secondary N) is 1. The first kappa shape index (κ1) is 19.4. The summed E-state index contributed by atoms with van der Waals surface area (Å²) in [6.45, 7) is 0.152. The average Bonchev–Trinajstić information content (AvgIpc) is 2.99. The molecule has 0 aliphatic carbocycles. The van der Waals surface area contributed by atoms with Crippen LogP contribution in [0.1, 0.15) is 12.8 Å². The van der Waals surface area contributed by atoms with Gasteiger partial charge >= 0.3 is 7.75 Å². The molecule has 2 rings (SSSR count). The average molecular weight is 345 g/mol. The van der Waals surface area contributed by atoms with Crippen molar-refractivity contribution in [1.29, 1.82) is 0 Å². The molecule has 8 nitrogen and oxygen atoms in total. The summed E-state index contributed by atoms with van der Waals surface area (Å²) < 4.78 is 38.4. The number of hydrogen-bond donors (Lipinski definition) is 2. The number of methoxy groups -OCH3 is 2. The summed E-state index contributed by atoms with van der Waals surface area (Å²) in [6, 6.07) is -1.42. The van der Waals surface area contributed by atoms with Crippen molar-refractivity contribution in [3.05, 3.63) is 0 Å². The number of ether oxygens (including phenoxy) is 4. The Kier molecular flexibility index (Phi) is 7.13. The van der Waals surface area contributed by atoms with Gasteiger partial charge < -0.3 is 23.8 Å². The Morgan fingerprint density at radius 3 is 2.48 bits per heavy atom. The van der Waals surface area contributed by atoms with Gasteiger partial charge in [-0.3, -0.25) is 4.52 Å². The Labute approximate surface area is 138 Å². The van der Waals surface area contributed by atoms with Crippen LogP contribution in [0, 0.1) is 0 Å². The first-order valence-electron chi connectivity index (χ1n) is 7.43. The van der Waals surface area contributed by atoms with E-state index in [9.17, 15) is 9.46 Å². The smallest absolute Gasteiger partial charge is 0.382 e. The molecule has 0 spiro atoms. The summed E-state index contributed by atoms with van der Waals surface area (Å²) in [5.74, 6) is 0. The molecule has 2 N–H and O–H groups in total. The first-order valence-corrected chi connectivity index (χ1v) is 9.01. The molecule has 1 unspecified atom stereocenters. The van der Waals surface area contributed by atoms with Crippen LogP contribution in [0.3, 0.4) is 0 Å². The van der Waals surface area contributed by atoms with Crippen LogP contribution in [0.4, 0.5) is 0 Å². The largest absolute Gasteiger partial charge is 0.403 e. The van der Waals surface area contributed by atoms with Gasteiger partial charge in [-0.15, -0.1) is 0 Å². The van der Waals surface area contributed by atoms with Crippen molar-refractivity contribution in [2.24, 2.45) is 0 Å². The Balaban J connectivity index is 1.85. The molecule has 4 radical (unpaired) electrons. The highest BCUT2D eigenvalue weighted by molar-refractivity contribution is 7.50. The van der Waals surface area contributed by atoms with Crippen molar-refractivity contribution in [2.45, 2.75) is 49.2 Å². The van der Waals surface area contributed by atoms with E-state index in [-0.39, 0.29) is 19.3 Å². The Morgan fingerprint density at radius 2 is 1.83 bits per heavy atom. The molecule has 11 heteroatoms. The molecule has 2 aliphatic heterocycles. The van der Waals surface area contributed by atoms with Gasteiger partial charge in [0.1, 0.15) is 21.8 Å². The summed E-state index contributed by atoms with van der Waals surface area (Å²) in [6.07, 6.45) is -0.284. The first-order chi connectivity index (χ1) is 10.8. The van der Waals surface area contributed by atoms with Crippen LogP contribution in [-0.2, 0) is 28.0 Å². The lowest BCUT2D eigenvalue weighted by molar-refractivity contribution is -0.0178. The minimum atomic E-state index is -4.06. The maximum Gasteiger partial charge on any atom is 0.403 e. The van der Waals surface area contributed by atoms with Crippen LogP contribution in [0.25, 0.3) is 0 Å². The van der Waals surface area contributed by atoms with Crippen molar-refractivity contribution in [2.75, 3.05) is 27.4 Å². The van der Waals surface area contributed by atoms with Gasteiger partial charge in [-0.2, -0.15) is 0 Å². The zero-order valence-corrected chi connectivity index (χ0v) is 14.2. The second-order valence-electron chi connectivity index (χ2n) is 5.68. The van der Waals surface area contributed by atoms with Gasteiger partial charge in [0.25, 0.3) is 0 Å². The van der Waals surface area contributed by atoms with E-state index in [1.807, 2.05) is 0 Å². The highest BCUT2D eigenvalue weighted by atomic mass is 31.2. The van der Waals surface area contributed by atoms with E-state index in [0.717, 1.165) is 0 Å². The fraction of sp³-hybridized carbons (Fsp3) is 1.00. The quantitative estimate of drug-likeness (QED) is 0.440. The lowest BCUT2D eigenvalue weighted by atomic mass is 9.95. The molecular formula is C12H22B2NO7P. The van der Waals surface area contributed by atoms with Crippen LogP contribution < -0.4 is 5.09 Å². The normalized spacial score (nSPS) is 40.3. The SMILES string of the molecule is [B][C@H]1C[C@@H](NP(=O)(O)OC[C@H]2O[C@@H]([B])C[C@H]2OC)[C@@H](COC)O1. The van der Waals surface area contributed by atoms with Crippen LogP contribution in [0.15, 0.2) is 0 Å². The second kappa shape index (κ2) is 8.45. The highest BCUT2D eigenvalue weighted by Gasteiger charge is 2.39. The van der Waals surface area contributed by atoms with E-state index >= 15 is 0 Å². The van der Waals surface area contributed by atoms with Crippen LogP contribution in [0.5, 0.6) is 0 Å². The molecule has 7 atom stereocenters. The zero-order valence-electron chi connectivity index (χ0n) is 13.3. The lowest BCUT2D eigenvalue weighted by Crippen LogP contribution is -2.38. The molecule has 2 fully saturated rings. The molecule has 0 amide bonds. The zero-order chi connectivity index (χ0) is 17.0. The summed E-state index contributed by atoms with van der Waals surface area (Å²) in [5.41, 5.74) is 0. The molecule has 0 bridgehead atoms. The second-order valence-corrected chi connectivity index (χ2v) is 7.24. The van der Waals surface area contributed by atoms with Crippen LogP contribution >= 0.6 is 7.75 Å². The van der Waals surface area contributed by atoms with Gasteiger partial charge in [-0.05, 0) is 12.8 Å². The molecule has 2 saturated heterocycles. The Bertz CT molecular complexity index is 432. The molecule has 2 aliphatic rings. The molecule has 0 aromatic carbocycles. The molecule has 2 heterocycles. The van der Waals surface area contributed by atoms with Crippen molar-refractivity contribution < 1.29 is 32.9 Å². The van der Waals surface area contributed by atoms with Crippen molar-refractivity contribution in [1.82, 2.24) is 5.09 Å². The Morgan fingerprint density at radius 1 is 1.17 bits per heavy atom. The van der Waals surface area contributed by atoms with E-state index < -0.39 is 38.0 Å². The summed E-state index contributed by atoms with van der Waals surface area (Å²) in [5, 5.41) is 2.56. The van der Waals surface area contributed by atoms with Gasteiger partial charge in [-0.25, -0.2) is 9.65 Å². The van der Waals surface area contributed by atoms with Gasteiger partial charge in [-0.1, -0.05) is 0 Å². The number of rotatable bonds is 8. The predicted octanol–water partition coefficient (Wildman–Crippen LogP) is -0.710. The standard InChI is InChI=1S/C12H22B2NO7P/c1-18-5-9-7(3-11(13)21-9)15-23(16,17)20-6-10-8(19-2)4-12(14)22-10/h7-12H,3-6H2,1-2H3,(H2,15,16,17)/t7-,8-,9-,10-,11-,12-/m1/s1. The van der Waals surface area contributed by atoms with Crippen molar-refractivity contribution >= 4 is 23.4 Å². The number of hydrogen-bond acceptors (Lipinski definition) is 6. The van der Waals surface area contributed by atoms with Crippen LogP contribution in [-0.4, -0.2) is 84.4 Å². The third-order valence-electron chi connectivity index (χ3n) is 3.89. The molecule has 0 aromatic rings. The topological polar surface area (TPSA) is 95.5 Å². The molecular weight excluding hydrogens is 323 g/mol. The van der Waals surface area contributed by atoms with Gasteiger partial charge in [0.15, 0.2) is 0 Å². The van der Waals surface area contributed by atoms with Gasteiger partial charge in [0.2, 0.25) is 0 Å². The summed E-state index contributed by atoms with van der Waals surface area (Å²) in [4.78, 5) is 9.99. The van der Waals surface area contributed by atoms with Crippen LogP contribution in [0.2, 0.25) is 0 Å². The maximum absolute atomic E-state index is 12.2. The van der Waals surface area contributed by atoms with E-state index in [1.54, 1.807) is 0 Å². The van der Waals surface area contributed by atoms with E-state index in [1.165, 1.54) is 14.2 Å². The molecule has 128 valence electrons. The third kappa shape index (κ3) is 5.54. The highest BCUT2D eigenvalue weighted by Crippen LogP contribution is 2.40. The maximum atomic E-state index is 12.2. The predicted molar refractivity (Wildman–Crippen MR) is 83.4 cm³/mol. The minimum Gasteiger partial charge on any atom is -0.382 e. The van der Waals surface area contributed by atoms with E-state index in [0.29, 0.717) is 12.8 Å². The molecule has 0 saturated carbocycles. The van der Waals surface area contributed by atoms with Gasteiger partial charge in [0.05, 0.1) is 25.4 Å². The lowest BCUT2D eigenvalue weighted by Gasteiger charge is -2.24. The van der Waals surface area contributed by atoms with E-state index in [4.69, 9.17) is 39.2 Å². The summed E-state index contributed by atoms with van der Waals surface area (Å²) >= 11 is 0. The van der Waals surface area contributed by atoms with Crippen molar-refractivity contribution in [3.8, 4) is 0 Å². The van der Waals surface area contributed by atoms with Crippen molar-refractivity contribution in [3.63, 3.8) is 0 Å². The fourth-order valence-electron chi connectivity index (χ4n) is 2.80. The summed E-state index contributed by atoms with van der Waals surface area (Å²) in [7, 11) is 10.4. The Hall–Kier alpha value is 0.0799. The minimum absolute atomic E-state index is 0.110. The fourth-order valence-corrected chi connectivity index (χ4v) is 3.91.